The zero-order valence-corrected chi connectivity index (χ0v) is 8.56. The molecule has 0 radical (unpaired) electrons. The Kier molecular flexibility index (Phi) is 5.44. The highest BCUT2D eigenvalue weighted by Gasteiger charge is 2.00. The summed E-state index contributed by atoms with van der Waals surface area (Å²) in [6, 6.07) is 0. The molecule has 0 aliphatic heterocycles. The number of hydrogen-bond acceptors (Lipinski definition) is 0. The summed E-state index contributed by atoms with van der Waals surface area (Å²) in [7, 11) is 0. The third-order valence-corrected chi connectivity index (χ3v) is 1.94. The Morgan fingerprint density at radius 3 is 2.33 bits per heavy atom. The normalized spacial score (nSPS) is 13.2. The fraction of sp³-hybridized carbons (Fsp3) is 0.500. The minimum Gasteiger partial charge on any atom is -0.0961 e. The molecule has 0 aromatic heterocycles. The van der Waals surface area contributed by atoms with E-state index < -0.39 is 0 Å². The Balaban J connectivity index is 3.94. The second-order valence-electron chi connectivity index (χ2n) is 3.44. The van der Waals surface area contributed by atoms with Crippen LogP contribution in [0.4, 0.5) is 0 Å². The Hall–Kier alpha value is -0.780. The highest BCUT2D eigenvalue weighted by atomic mass is 14.1. The molecule has 0 bridgehead atoms. The van der Waals surface area contributed by atoms with E-state index in [0.717, 1.165) is 5.57 Å². The smallest absolute Gasteiger partial charge is 0.0196 e. The first-order chi connectivity index (χ1) is 5.57. The topological polar surface area (TPSA) is 0 Å². The van der Waals surface area contributed by atoms with Crippen LogP contribution in [0, 0.1) is 5.92 Å². The molecule has 0 fully saturated rings. The van der Waals surface area contributed by atoms with Gasteiger partial charge in [-0.15, -0.1) is 0 Å². The van der Waals surface area contributed by atoms with Crippen LogP contribution in [0.15, 0.2) is 36.5 Å². The molecule has 0 rings (SSSR count). The zero-order valence-electron chi connectivity index (χ0n) is 8.56. The molecule has 1 atom stereocenters. The van der Waals surface area contributed by atoms with Gasteiger partial charge < -0.3 is 0 Å². The van der Waals surface area contributed by atoms with Crippen molar-refractivity contribution in [3.8, 4) is 0 Å². The molecule has 68 valence electrons. The second kappa shape index (κ2) is 5.82. The van der Waals surface area contributed by atoms with Crippen LogP contribution in [0.2, 0.25) is 0 Å². The van der Waals surface area contributed by atoms with Gasteiger partial charge in [0.1, 0.15) is 0 Å². The number of rotatable bonds is 5. The Morgan fingerprint density at radius 1 is 1.33 bits per heavy atom. The Bertz CT molecular complexity index is 184. The van der Waals surface area contributed by atoms with Crippen molar-refractivity contribution in [2.45, 2.75) is 33.6 Å². The lowest BCUT2D eigenvalue weighted by Gasteiger charge is -2.09. The van der Waals surface area contributed by atoms with Gasteiger partial charge in [-0.1, -0.05) is 56.7 Å². The largest absolute Gasteiger partial charge is 0.0961 e. The van der Waals surface area contributed by atoms with Crippen molar-refractivity contribution in [2.75, 3.05) is 0 Å². The molecule has 12 heavy (non-hydrogen) atoms. The van der Waals surface area contributed by atoms with Crippen molar-refractivity contribution < 1.29 is 0 Å². The van der Waals surface area contributed by atoms with Crippen LogP contribution in [-0.2, 0) is 0 Å². The first-order valence-electron chi connectivity index (χ1n) is 4.60. The van der Waals surface area contributed by atoms with Gasteiger partial charge >= 0.3 is 0 Å². The van der Waals surface area contributed by atoms with Gasteiger partial charge in [-0.3, -0.25) is 0 Å². The van der Waals surface area contributed by atoms with Gasteiger partial charge in [-0.2, -0.15) is 0 Å². The lowest BCUT2D eigenvalue weighted by molar-refractivity contribution is 0.614. The predicted octanol–water partition coefficient (Wildman–Crippen LogP) is 4.11. The molecule has 0 heteroatoms. The summed E-state index contributed by atoms with van der Waals surface area (Å²) in [5.41, 5.74) is 2.29. The first kappa shape index (κ1) is 11.2. The van der Waals surface area contributed by atoms with Crippen molar-refractivity contribution >= 4 is 0 Å². The van der Waals surface area contributed by atoms with Crippen LogP contribution >= 0.6 is 0 Å². The maximum absolute atomic E-state index is 4.02. The summed E-state index contributed by atoms with van der Waals surface area (Å²) in [4.78, 5) is 0. The summed E-state index contributed by atoms with van der Waals surface area (Å²) < 4.78 is 0. The molecule has 0 aliphatic carbocycles. The average Bonchev–Trinajstić information content (AvgIpc) is 2.00. The number of allylic oxidation sites excluding steroid dienone is 4. The van der Waals surface area contributed by atoms with Gasteiger partial charge in [0.05, 0.1) is 0 Å². The van der Waals surface area contributed by atoms with Gasteiger partial charge in [0.25, 0.3) is 0 Å². The van der Waals surface area contributed by atoms with Crippen molar-refractivity contribution in [3.63, 3.8) is 0 Å². The van der Waals surface area contributed by atoms with E-state index in [1.54, 1.807) is 0 Å². The van der Waals surface area contributed by atoms with Crippen molar-refractivity contribution in [1.82, 2.24) is 0 Å². The van der Waals surface area contributed by atoms with Crippen LogP contribution in [0.3, 0.4) is 0 Å². The highest BCUT2D eigenvalue weighted by molar-refractivity contribution is 5.24. The van der Waals surface area contributed by atoms with E-state index in [1.165, 1.54) is 18.4 Å². The molecule has 0 saturated carbocycles. The monoisotopic (exact) mass is 164 g/mol. The van der Waals surface area contributed by atoms with Crippen LogP contribution in [0.1, 0.15) is 33.6 Å². The zero-order chi connectivity index (χ0) is 9.56. The summed E-state index contributed by atoms with van der Waals surface area (Å²) in [5, 5.41) is 0. The molecule has 0 saturated heterocycles. The average molecular weight is 164 g/mol. The van der Waals surface area contributed by atoms with Crippen molar-refractivity contribution in [2.24, 2.45) is 5.92 Å². The van der Waals surface area contributed by atoms with Crippen LogP contribution in [-0.4, -0.2) is 0 Å². The fourth-order valence-electron chi connectivity index (χ4n) is 1.03. The van der Waals surface area contributed by atoms with Crippen molar-refractivity contribution in [3.05, 3.63) is 36.5 Å². The van der Waals surface area contributed by atoms with E-state index in [-0.39, 0.29) is 0 Å². The van der Waals surface area contributed by atoms with E-state index in [4.69, 9.17) is 0 Å². The van der Waals surface area contributed by atoms with E-state index in [9.17, 15) is 0 Å². The van der Waals surface area contributed by atoms with Gasteiger partial charge in [-0.25, -0.2) is 0 Å². The second-order valence-corrected chi connectivity index (χ2v) is 3.44. The summed E-state index contributed by atoms with van der Waals surface area (Å²) in [5.74, 6) is 0.602. The van der Waals surface area contributed by atoms with Crippen molar-refractivity contribution in [1.29, 1.82) is 0 Å². The summed E-state index contributed by atoms with van der Waals surface area (Å²) in [6.07, 6.45) is 6.54. The molecule has 0 aromatic carbocycles. The first-order valence-corrected chi connectivity index (χ1v) is 4.60. The molecule has 0 nitrogen and oxygen atoms in total. The molecule has 0 aromatic rings. The van der Waals surface area contributed by atoms with Crippen LogP contribution in [0.5, 0.6) is 0 Å². The van der Waals surface area contributed by atoms with Crippen LogP contribution in [0.25, 0.3) is 0 Å². The van der Waals surface area contributed by atoms with E-state index >= 15 is 0 Å². The van der Waals surface area contributed by atoms with Gasteiger partial charge in [0, 0.05) is 0 Å². The Morgan fingerprint density at radius 2 is 1.92 bits per heavy atom. The summed E-state index contributed by atoms with van der Waals surface area (Å²) >= 11 is 0. The maximum Gasteiger partial charge on any atom is -0.0196 e. The van der Waals surface area contributed by atoms with Gasteiger partial charge in [0.15, 0.2) is 0 Å². The molecule has 1 unspecified atom stereocenters. The lowest BCUT2D eigenvalue weighted by atomic mass is 9.97. The van der Waals surface area contributed by atoms with Gasteiger partial charge in [0.2, 0.25) is 0 Å². The fourth-order valence-corrected chi connectivity index (χ4v) is 1.03. The van der Waals surface area contributed by atoms with E-state index in [0.29, 0.717) is 5.92 Å². The van der Waals surface area contributed by atoms with E-state index in [1.807, 2.05) is 13.0 Å². The lowest BCUT2D eigenvalue weighted by Crippen LogP contribution is -1.94. The molecular weight excluding hydrogens is 144 g/mol. The van der Waals surface area contributed by atoms with E-state index in [2.05, 4.69) is 33.1 Å². The minimum atomic E-state index is 0.602. The number of hydrogen-bond donors (Lipinski definition) is 0. The molecule has 0 amide bonds. The third kappa shape index (κ3) is 4.95. The van der Waals surface area contributed by atoms with Crippen LogP contribution < -0.4 is 0 Å². The predicted molar refractivity (Wildman–Crippen MR) is 57.2 cm³/mol. The molecule has 0 aliphatic rings. The molecule has 0 N–H and O–H groups in total. The van der Waals surface area contributed by atoms with Gasteiger partial charge in [-0.05, 0) is 19.3 Å². The molecule has 0 heterocycles. The standard InChI is InChI=1S/C12H20/c1-6-7-11(4)12(5)9-8-10(2)3/h8-9,11H,2,5-7H2,1,3-4H3/b9-8-. The minimum absolute atomic E-state index is 0.602. The maximum atomic E-state index is 4.02. The third-order valence-electron chi connectivity index (χ3n) is 1.94. The quantitative estimate of drug-likeness (QED) is 0.536. The highest BCUT2D eigenvalue weighted by Crippen LogP contribution is 2.15. The SMILES string of the molecule is C=C(C)/C=C\C(=C)C(C)CCC. The Labute approximate surface area is 76.7 Å². The molecular formula is C12H20. The molecule has 0 spiro atoms. The summed E-state index contributed by atoms with van der Waals surface area (Å²) in [6.45, 7) is 14.2.